The number of methoxy groups -OCH3 is 1. The Morgan fingerprint density at radius 2 is 2.21 bits per heavy atom. The van der Waals surface area contributed by atoms with Gasteiger partial charge < -0.3 is 14.7 Å². The highest BCUT2D eigenvalue weighted by atomic mass is 16.5. The van der Waals surface area contributed by atoms with Gasteiger partial charge in [-0.1, -0.05) is 12.1 Å². The van der Waals surface area contributed by atoms with Crippen LogP contribution in [0.3, 0.4) is 0 Å². The van der Waals surface area contributed by atoms with Crippen LogP contribution in [-0.2, 0) is 9.59 Å². The topological polar surface area (TPSA) is 66.8 Å². The zero-order chi connectivity index (χ0) is 14.0. The van der Waals surface area contributed by atoms with E-state index in [1.165, 1.54) is 4.90 Å². The maximum atomic E-state index is 11.8. The van der Waals surface area contributed by atoms with Crippen molar-refractivity contribution in [2.75, 3.05) is 14.2 Å². The number of amides is 1. The van der Waals surface area contributed by atoms with E-state index in [4.69, 9.17) is 4.74 Å². The number of hydrogen-bond acceptors (Lipinski definition) is 3. The molecule has 1 aliphatic heterocycles. The van der Waals surface area contributed by atoms with Gasteiger partial charge in [0.25, 0.3) is 0 Å². The number of likely N-dealkylation sites (tertiary alicyclic amines) is 1. The molecule has 1 aromatic rings. The summed E-state index contributed by atoms with van der Waals surface area (Å²) in [5.74, 6) is -0.805. The minimum atomic E-state index is -0.868. The molecule has 5 heteroatoms. The third-order valence-corrected chi connectivity index (χ3v) is 3.61. The molecular formula is C14H17NO4. The van der Waals surface area contributed by atoms with Crippen LogP contribution in [0.1, 0.15) is 24.4 Å². The summed E-state index contributed by atoms with van der Waals surface area (Å²) in [7, 11) is 3.21. The van der Waals surface area contributed by atoms with Gasteiger partial charge in [-0.15, -0.1) is 0 Å². The molecule has 2 rings (SSSR count). The summed E-state index contributed by atoms with van der Waals surface area (Å²) in [6, 6.07) is 6.78. The van der Waals surface area contributed by atoms with Gasteiger partial charge in [0.05, 0.1) is 19.1 Å². The van der Waals surface area contributed by atoms with Crippen LogP contribution >= 0.6 is 0 Å². The van der Waals surface area contributed by atoms with E-state index >= 15 is 0 Å². The van der Waals surface area contributed by atoms with Crippen molar-refractivity contribution in [1.82, 2.24) is 4.90 Å². The summed E-state index contributed by atoms with van der Waals surface area (Å²) in [4.78, 5) is 24.7. The lowest BCUT2D eigenvalue weighted by Gasteiger charge is -2.37. The predicted octanol–water partition coefficient (Wildman–Crippen LogP) is 1.69. The van der Waals surface area contributed by atoms with Crippen molar-refractivity contribution in [3.8, 4) is 5.75 Å². The smallest absolute Gasteiger partial charge is 0.308 e. The Bertz CT molecular complexity index is 500. The molecule has 2 atom stereocenters. The van der Waals surface area contributed by atoms with E-state index in [9.17, 15) is 14.7 Å². The molecule has 102 valence electrons. The second-order valence-electron chi connectivity index (χ2n) is 4.71. The SMILES string of the molecule is COc1cccc(C2C(C(=O)O)CCC(=O)N2C)c1. The highest BCUT2D eigenvalue weighted by molar-refractivity contribution is 5.81. The normalized spacial score (nSPS) is 23.3. The van der Waals surface area contributed by atoms with Gasteiger partial charge in [-0.05, 0) is 24.1 Å². The second kappa shape index (κ2) is 5.30. The zero-order valence-electron chi connectivity index (χ0n) is 11.0. The Morgan fingerprint density at radius 1 is 1.47 bits per heavy atom. The molecule has 1 fully saturated rings. The monoisotopic (exact) mass is 263 g/mol. The fourth-order valence-corrected chi connectivity index (χ4v) is 2.58. The molecule has 1 saturated heterocycles. The minimum Gasteiger partial charge on any atom is -0.497 e. The third kappa shape index (κ3) is 2.54. The van der Waals surface area contributed by atoms with E-state index in [0.717, 1.165) is 5.56 Å². The lowest BCUT2D eigenvalue weighted by Crippen LogP contribution is -2.42. The number of benzene rings is 1. The summed E-state index contributed by atoms with van der Waals surface area (Å²) in [6.07, 6.45) is 0.661. The summed E-state index contributed by atoms with van der Waals surface area (Å²) in [5, 5.41) is 9.33. The first-order valence-corrected chi connectivity index (χ1v) is 6.17. The predicted molar refractivity (Wildman–Crippen MR) is 68.9 cm³/mol. The molecule has 1 aromatic carbocycles. The molecule has 0 radical (unpaired) electrons. The second-order valence-corrected chi connectivity index (χ2v) is 4.71. The first kappa shape index (κ1) is 13.4. The Hall–Kier alpha value is -2.04. The maximum absolute atomic E-state index is 11.8. The van der Waals surface area contributed by atoms with Gasteiger partial charge in [0.15, 0.2) is 0 Å². The molecule has 1 aliphatic rings. The van der Waals surface area contributed by atoms with Gasteiger partial charge in [0, 0.05) is 13.5 Å². The largest absolute Gasteiger partial charge is 0.497 e. The van der Waals surface area contributed by atoms with E-state index in [0.29, 0.717) is 12.2 Å². The molecule has 0 spiro atoms. The molecule has 0 aliphatic carbocycles. The van der Waals surface area contributed by atoms with Crippen LogP contribution in [0.2, 0.25) is 0 Å². The highest BCUT2D eigenvalue weighted by Gasteiger charge is 2.38. The van der Waals surface area contributed by atoms with Crippen LogP contribution in [-0.4, -0.2) is 36.0 Å². The summed E-state index contributed by atoms with van der Waals surface area (Å²) in [5.41, 5.74) is 0.794. The summed E-state index contributed by atoms with van der Waals surface area (Å²) < 4.78 is 5.15. The number of carboxylic acid groups (broad SMARTS) is 1. The van der Waals surface area contributed by atoms with Crippen LogP contribution in [0.25, 0.3) is 0 Å². The molecule has 0 bridgehead atoms. The standard InChI is InChI=1S/C14H17NO4/c1-15-12(16)7-6-11(14(17)18)13(15)9-4-3-5-10(8-9)19-2/h3-5,8,11,13H,6-7H2,1-2H3,(H,17,18). The first-order chi connectivity index (χ1) is 9.04. The number of hydrogen-bond donors (Lipinski definition) is 1. The van der Waals surface area contributed by atoms with Crippen molar-refractivity contribution < 1.29 is 19.4 Å². The average Bonchev–Trinajstić information content (AvgIpc) is 2.41. The van der Waals surface area contributed by atoms with Crippen molar-refractivity contribution in [2.24, 2.45) is 5.92 Å². The number of nitrogens with zero attached hydrogens (tertiary/aromatic N) is 1. The van der Waals surface area contributed by atoms with Crippen LogP contribution in [0.15, 0.2) is 24.3 Å². The average molecular weight is 263 g/mol. The van der Waals surface area contributed by atoms with Crippen molar-refractivity contribution >= 4 is 11.9 Å². The highest BCUT2D eigenvalue weighted by Crippen LogP contribution is 2.36. The van der Waals surface area contributed by atoms with Gasteiger partial charge in [0.1, 0.15) is 5.75 Å². The molecule has 1 N–H and O–H groups in total. The van der Waals surface area contributed by atoms with Crippen LogP contribution in [0, 0.1) is 5.92 Å². The lowest BCUT2D eigenvalue weighted by atomic mass is 9.84. The number of carbonyl (C=O) groups is 2. The molecule has 5 nitrogen and oxygen atoms in total. The number of carboxylic acids is 1. The van der Waals surface area contributed by atoms with Gasteiger partial charge in [-0.2, -0.15) is 0 Å². The molecule has 19 heavy (non-hydrogen) atoms. The van der Waals surface area contributed by atoms with Crippen LogP contribution < -0.4 is 4.74 Å². The van der Waals surface area contributed by atoms with Gasteiger partial charge in [0.2, 0.25) is 5.91 Å². The molecule has 0 saturated carbocycles. The Morgan fingerprint density at radius 3 is 2.84 bits per heavy atom. The molecule has 1 amide bonds. The van der Waals surface area contributed by atoms with Crippen LogP contribution in [0.5, 0.6) is 5.75 Å². The van der Waals surface area contributed by atoms with Crippen LogP contribution in [0.4, 0.5) is 0 Å². The molecule has 2 unspecified atom stereocenters. The number of aliphatic carboxylic acids is 1. The zero-order valence-corrected chi connectivity index (χ0v) is 11.0. The summed E-state index contributed by atoms with van der Waals surface area (Å²) >= 11 is 0. The molecular weight excluding hydrogens is 246 g/mol. The number of ether oxygens (including phenoxy) is 1. The Balaban J connectivity index is 2.40. The van der Waals surface area contributed by atoms with E-state index in [2.05, 4.69) is 0 Å². The fourth-order valence-electron chi connectivity index (χ4n) is 2.58. The third-order valence-electron chi connectivity index (χ3n) is 3.61. The lowest BCUT2D eigenvalue weighted by molar-refractivity contribution is -0.150. The van der Waals surface area contributed by atoms with Crippen molar-refractivity contribution in [3.05, 3.63) is 29.8 Å². The Labute approximate surface area is 111 Å². The summed E-state index contributed by atoms with van der Waals surface area (Å²) in [6.45, 7) is 0. The maximum Gasteiger partial charge on any atom is 0.308 e. The molecule has 0 aromatic heterocycles. The number of carbonyl (C=O) groups excluding carboxylic acids is 1. The number of rotatable bonds is 3. The quantitative estimate of drug-likeness (QED) is 0.901. The van der Waals surface area contributed by atoms with E-state index in [1.807, 2.05) is 6.07 Å². The van der Waals surface area contributed by atoms with Gasteiger partial charge in [-0.3, -0.25) is 9.59 Å². The minimum absolute atomic E-state index is 0.0229. The van der Waals surface area contributed by atoms with E-state index < -0.39 is 17.9 Å². The number of piperidine rings is 1. The first-order valence-electron chi connectivity index (χ1n) is 6.17. The van der Waals surface area contributed by atoms with Crippen molar-refractivity contribution in [1.29, 1.82) is 0 Å². The molecule has 1 heterocycles. The van der Waals surface area contributed by atoms with Gasteiger partial charge >= 0.3 is 5.97 Å². The Kier molecular flexibility index (Phi) is 3.74. The van der Waals surface area contributed by atoms with E-state index in [-0.39, 0.29) is 12.3 Å². The fraction of sp³-hybridized carbons (Fsp3) is 0.429. The van der Waals surface area contributed by atoms with Gasteiger partial charge in [-0.25, -0.2) is 0 Å². The van der Waals surface area contributed by atoms with Crippen molar-refractivity contribution in [3.63, 3.8) is 0 Å². The van der Waals surface area contributed by atoms with Crippen molar-refractivity contribution in [2.45, 2.75) is 18.9 Å². The van der Waals surface area contributed by atoms with E-state index in [1.54, 1.807) is 32.4 Å².